The fourth-order valence-electron chi connectivity index (χ4n) is 4.46. The number of hydrogen-bond donors (Lipinski definition) is 1. The minimum Gasteiger partial charge on any atom is -0.470 e. The number of urea groups is 1. The van der Waals surface area contributed by atoms with Gasteiger partial charge in [0, 0.05) is 63.0 Å². The summed E-state index contributed by atoms with van der Waals surface area (Å²) < 4.78 is 8.03. The number of likely N-dealkylation sites (tertiary alicyclic amines) is 1. The van der Waals surface area contributed by atoms with Crippen LogP contribution >= 0.6 is 23.2 Å². The van der Waals surface area contributed by atoms with Gasteiger partial charge in [0.2, 0.25) is 5.88 Å². The van der Waals surface area contributed by atoms with Crippen LogP contribution in [0, 0.1) is 0 Å². The smallest absolute Gasteiger partial charge is 0.319 e. The van der Waals surface area contributed by atoms with E-state index < -0.39 is 6.10 Å². The van der Waals surface area contributed by atoms with Crippen molar-refractivity contribution in [3.63, 3.8) is 0 Å². The average Bonchev–Trinajstić information content (AvgIpc) is 3.50. The minimum atomic E-state index is -0.429. The molecule has 5 rings (SSSR count). The number of rotatable bonds is 5. The van der Waals surface area contributed by atoms with Crippen LogP contribution in [0.15, 0.2) is 36.9 Å². The summed E-state index contributed by atoms with van der Waals surface area (Å²) in [4.78, 5) is 24.4. The number of carbonyl (C=O) groups excluding carboxylic acids is 1. The van der Waals surface area contributed by atoms with Crippen molar-refractivity contribution in [1.29, 1.82) is 0 Å². The zero-order valence-corrected chi connectivity index (χ0v) is 21.7. The van der Waals surface area contributed by atoms with Gasteiger partial charge in [-0.1, -0.05) is 23.2 Å². The number of amides is 2. The normalized spacial score (nSPS) is 15.3. The number of nitrogens with one attached hydrogen (secondary N) is 1. The van der Waals surface area contributed by atoms with Crippen LogP contribution in [0.25, 0.3) is 22.3 Å². The molecule has 0 aromatic carbocycles. The number of fused-ring (bicyclic) bond motifs is 1. The maximum absolute atomic E-state index is 12.2. The van der Waals surface area contributed by atoms with Gasteiger partial charge in [-0.3, -0.25) is 14.8 Å². The molecule has 1 N–H and O–H groups in total. The van der Waals surface area contributed by atoms with E-state index in [4.69, 9.17) is 32.9 Å². The average molecular weight is 529 g/mol. The number of pyridine rings is 2. The van der Waals surface area contributed by atoms with Crippen LogP contribution in [-0.2, 0) is 0 Å². The van der Waals surface area contributed by atoms with Crippen LogP contribution < -0.4 is 4.74 Å². The van der Waals surface area contributed by atoms with Crippen molar-refractivity contribution in [3.8, 4) is 17.1 Å². The number of piperidine rings is 1. The molecule has 12 heteroatoms. The predicted octanol–water partition coefficient (Wildman–Crippen LogP) is 4.98. The SMILES string of the molecule is C[C@@H](Oc1ccc2[nH]nc(-c3cnn(C4CCN(C(=O)N(C)C)CC4)c3)c2n1)c1c(Cl)cncc1Cl. The lowest BCUT2D eigenvalue weighted by molar-refractivity contribution is 0.146. The lowest BCUT2D eigenvalue weighted by atomic mass is 10.1. The van der Waals surface area contributed by atoms with Gasteiger partial charge < -0.3 is 14.5 Å². The van der Waals surface area contributed by atoms with Gasteiger partial charge in [-0.25, -0.2) is 9.78 Å². The van der Waals surface area contributed by atoms with Crippen molar-refractivity contribution in [3.05, 3.63) is 52.5 Å². The van der Waals surface area contributed by atoms with Gasteiger partial charge in [0.1, 0.15) is 17.3 Å². The number of carbonyl (C=O) groups is 1. The Morgan fingerprint density at radius 2 is 1.89 bits per heavy atom. The minimum absolute atomic E-state index is 0.0458. The highest BCUT2D eigenvalue weighted by molar-refractivity contribution is 6.35. The molecule has 0 aliphatic carbocycles. The van der Waals surface area contributed by atoms with E-state index in [1.165, 1.54) is 12.4 Å². The van der Waals surface area contributed by atoms with Crippen LogP contribution in [0.2, 0.25) is 10.0 Å². The van der Waals surface area contributed by atoms with Crippen molar-refractivity contribution in [1.82, 2.24) is 39.7 Å². The molecule has 188 valence electrons. The Hall–Kier alpha value is -3.37. The molecule has 1 saturated heterocycles. The second-order valence-electron chi connectivity index (χ2n) is 9.00. The Kier molecular flexibility index (Phi) is 6.72. The van der Waals surface area contributed by atoms with Crippen molar-refractivity contribution in [2.45, 2.75) is 31.9 Å². The maximum Gasteiger partial charge on any atom is 0.319 e. The van der Waals surface area contributed by atoms with Crippen LogP contribution in [0.3, 0.4) is 0 Å². The third kappa shape index (κ3) is 4.70. The lowest BCUT2D eigenvalue weighted by Crippen LogP contribution is -2.44. The van der Waals surface area contributed by atoms with Crippen molar-refractivity contribution in [2.24, 2.45) is 0 Å². The molecular formula is C24H26Cl2N8O2. The van der Waals surface area contributed by atoms with E-state index in [0.717, 1.165) is 23.9 Å². The third-order valence-electron chi connectivity index (χ3n) is 6.34. The number of aromatic nitrogens is 6. The molecule has 10 nitrogen and oxygen atoms in total. The Bertz CT molecular complexity index is 1370. The highest BCUT2D eigenvalue weighted by Crippen LogP contribution is 2.33. The summed E-state index contributed by atoms with van der Waals surface area (Å²) >= 11 is 12.6. The van der Waals surface area contributed by atoms with Crippen molar-refractivity contribution < 1.29 is 9.53 Å². The zero-order chi connectivity index (χ0) is 25.4. The number of aromatic amines is 1. The number of H-pyrrole nitrogens is 1. The maximum atomic E-state index is 12.2. The summed E-state index contributed by atoms with van der Waals surface area (Å²) in [6.45, 7) is 3.26. The molecular weight excluding hydrogens is 503 g/mol. The highest BCUT2D eigenvalue weighted by Gasteiger charge is 2.26. The molecule has 36 heavy (non-hydrogen) atoms. The van der Waals surface area contributed by atoms with Crippen molar-refractivity contribution >= 4 is 40.3 Å². The first-order chi connectivity index (χ1) is 17.3. The molecule has 1 aliphatic heterocycles. The fraction of sp³-hybridized carbons (Fsp3) is 0.375. The van der Waals surface area contributed by atoms with Gasteiger partial charge in [0.05, 0.1) is 27.8 Å². The molecule has 4 aromatic rings. The third-order valence-corrected chi connectivity index (χ3v) is 6.95. The number of halogens is 2. The number of ether oxygens (including phenoxy) is 1. The van der Waals surface area contributed by atoms with Crippen molar-refractivity contribution in [2.75, 3.05) is 27.2 Å². The summed E-state index contributed by atoms with van der Waals surface area (Å²) in [5, 5.41) is 13.0. The summed E-state index contributed by atoms with van der Waals surface area (Å²) in [6, 6.07) is 3.91. The van der Waals surface area contributed by atoms with Gasteiger partial charge in [-0.05, 0) is 25.8 Å². The molecule has 2 amide bonds. The molecule has 1 atom stereocenters. The first kappa shape index (κ1) is 24.3. The lowest BCUT2D eigenvalue weighted by Gasteiger charge is -2.33. The quantitative estimate of drug-likeness (QED) is 0.391. The monoisotopic (exact) mass is 528 g/mol. The molecule has 0 unspecified atom stereocenters. The second-order valence-corrected chi connectivity index (χ2v) is 9.81. The van der Waals surface area contributed by atoms with E-state index in [1.807, 2.05) is 28.8 Å². The van der Waals surface area contributed by atoms with E-state index in [0.29, 0.717) is 45.8 Å². The van der Waals surface area contributed by atoms with Crippen LogP contribution in [0.1, 0.15) is 37.5 Å². The molecule has 1 aliphatic rings. The summed E-state index contributed by atoms with van der Waals surface area (Å²) in [6.07, 6.45) is 8.11. The first-order valence-electron chi connectivity index (χ1n) is 11.6. The molecule has 0 bridgehead atoms. The molecule has 0 saturated carbocycles. The van der Waals surface area contributed by atoms with Crippen LogP contribution in [0.4, 0.5) is 4.79 Å². The molecule has 0 spiro atoms. The van der Waals surface area contributed by atoms with Gasteiger partial charge >= 0.3 is 6.03 Å². The Morgan fingerprint density at radius 1 is 1.17 bits per heavy atom. The van der Waals surface area contributed by atoms with Crippen LogP contribution in [0.5, 0.6) is 5.88 Å². The van der Waals surface area contributed by atoms with E-state index in [1.54, 1.807) is 31.3 Å². The Morgan fingerprint density at radius 3 is 2.58 bits per heavy atom. The Labute approximate surface area is 218 Å². The molecule has 4 aromatic heterocycles. The molecule has 5 heterocycles. The zero-order valence-electron chi connectivity index (χ0n) is 20.2. The predicted molar refractivity (Wildman–Crippen MR) is 137 cm³/mol. The molecule has 1 fully saturated rings. The van der Waals surface area contributed by atoms with Gasteiger partial charge in [-0.15, -0.1) is 0 Å². The van der Waals surface area contributed by atoms with Gasteiger partial charge in [0.25, 0.3) is 0 Å². The Balaban J connectivity index is 1.34. The molecule has 0 radical (unpaired) electrons. The van der Waals surface area contributed by atoms with Gasteiger partial charge in [0.15, 0.2) is 0 Å². The van der Waals surface area contributed by atoms with Crippen LogP contribution in [-0.4, -0.2) is 73.0 Å². The topological polar surface area (TPSA) is 105 Å². The summed E-state index contributed by atoms with van der Waals surface area (Å²) in [7, 11) is 3.55. The number of nitrogens with zero attached hydrogens (tertiary/aromatic N) is 7. The second kappa shape index (κ2) is 9.94. The first-order valence-corrected chi connectivity index (χ1v) is 12.4. The van der Waals surface area contributed by atoms with E-state index >= 15 is 0 Å². The summed E-state index contributed by atoms with van der Waals surface area (Å²) in [5.41, 5.74) is 3.66. The largest absolute Gasteiger partial charge is 0.470 e. The fourth-order valence-corrected chi connectivity index (χ4v) is 5.13. The van der Waals surface area contributed by atoms with Gasteiger partial charge in [-0.2, -0.15) is 10.2 Å². The van der Waals surface area contributed by atoms with E-state index in [9.17, 15) is 4.79 Å². The van der Waals surface area contributed by atoms with E-state index in [2.05, 4.69) is 20.3 Å². The highest BCUT2D eigenvalue weighted by atomic mass is 35.5. The summed E-state index contributed by atoms with van der Waals surface area (Å²) in [5.74, 6) is 0.423. The van der Waals surface area contributed by atoms with E-state index in [-0.39, 0.29) is 12.1 Å². The number of hydrogen-bond acceptors (Lipinski definition) is 6. The standard InChI is InChI=1S/C24H26Cl2N8O2/c1-14(21-17(25)11-27-12-18(21)26)36-20-5-4-19-23(29-20)22(31-30-19)15-10-28-34(13-15)16-6-8-33(9-7-16)24(35)32(2)3/h4-5,10-14,16H,6-9H2,1-3H3,(H,30,31)/t14-/m1/s1.